The predicted octanol–water partition coefficient (Wildman–Crippen LogP) is 2.77. The van der Waals surface area contributed by atoms with E-state index in [0.717, 1.165) is 10.5 Å². The molecule has 2 amide bonds. The van der Waals surface area contributed by atoms with Gasteiger partial charge < -0.3 is 4.74 Å². The highest BCUT2D eigenvalue weighted by Gasteiger charge is 2.45. The van der Waals surface area contributed by atoms with Crippen molar-refractivity contribution in [3.8, 4) is 0 Å². The molecule has 0 aromatic heterocycles. The minimum atomic E-state index is -1.36. The number of nitro benzene ring substituents is 1. The van der Waals surface area contributed by atoms with Crippen LogP contribution in [-0.2, 0) is 9.53 Å². The maximum Gasteiger partial charge on any atom is 0.329 e. The number of ketones is 1. The van der Waals surface area contributed by atoms with Gasteiger partial charge in [0.1, 0.15) is 11.6 Å². The zero-order valence-corrected chi connectivity index (χ0v) is 16.5. The Morgan fingerprint density at radius 1 is 1.14 bits per heavy atom. The van der Waals surface area contributed by atoms with Gasteiger partial charge in [0.15, 0.2) is 12.4 Å². The van der Waals surface area contributed by atoms with E-state index in [4.69, 9.17) is 4.74 Å². The van der Waals surface area contributed by atoms with Gasteiger partial charge in [0, 0.05) is 16.1 Å². The van der Waals surface area contributed by atoms with Gasteiger partial charge in [-0.2, -0.15) is 0 Å². The number of carbonyl (C=O) groups is 4. The Balaban J connectivity index is 1.73. The summed E-state index contributed by atoms with van der Waals surface area (Å²) in [5, 5.41) is 11.1. The van der Waals surface area contributed by atoms with Gasteiger partial charge in [-0.25, -0.2) is 4.79 Å². The third-order valence-corrected chi connectivity index (χ3v) is 4.89. The average Bonchev–Trinajstić information content (AvgIpc) is 2.96. The van der Waals surface area contributed by atoms with Gasteiger partial charge in [0.2, 0.25) is 0 Å². The summed E-state index contributed by atoms with van der Waals surface area (Å²) in [5.41, 5.74) is -0.720. The molecule has 0 fully saturated rings. The highest BCUT2D eigenvalue weighted by Crippen LogP contribution is 2.32. The van der Waals surface area contributed by atoms with E-state index in [1.54, 1.807) is 24.3 Å². The lowest BCUT2D eigenvalue weighted by Gasteiger charge is -2.20. The van der Waals surface area contributed by atoms with Crippen molar-refractivity contribution in [2.45, 2.75) is 13.0 Å². The molecule has 148 valence electrons. The molecule has 2 aromatic rings. The second kappa shape index (κ2) is 7.92. The SMILES string of the molecule is CC(C(=O)OCC(=O)c1ccc(Br)cc1)N1C(=O)c2cccc([N+](=O)[O-])c2C1=O. The van der Waals surface area contributed by atoms with E-state index >= 15 is 0 Å². The van der Waals surface area contributed by atoms with Crippen molar-refractivity contribution in [2.75, 3.05) is 6.61 Å². The Bertz CT molecular complexity index is 1050. The van der Waals surface area contributed by atoms with Crippen LogP contribution in [0.15, 0.2) is 46.9 Å². The molecule has 1 aliphatic heterocycles. The first-order valence-electron chi connectivity index (χ1n) is 8.33. The fraction of sp³-hybridized carbons (Fsp3) is 0.158. The van der Waals surface area contributed by atoms with Crippen molar-refractivity contribution < 1.29 is 28.8 Å². The fourth-order valence-electron chi connectivity index (χ4n) is 2.87. The largest absolute Gasteiger partial charge is 0.456 e. The average molecular weight is 461 g/mol. The maximum absolute atomic E-state index is 12.6. The van der Waals surface area contributed by atoms with Gasteiger partial charge in [-0.3, -0.25) is 29.4 Å². The maximum atomic E-state index is 12.6. The quantitative estimate of drug-likeness (QED) is 0.213. The Hall–Kier alpha value is -3.40. The Morgan fingerprint density at radius 3 is 2.41 bits per heavy atom. The predicted molar refractivity (Wildman–Crippen MR) is 102 cm³/mol. The second-order valence-corrected chi connectivity index (χ2v) is 7.07. The number of Topliss-reactive ketones (excluding diaryl/α,β-unsaturated/α-hetero) is 1. The summed E-state index contributed by atoms with van der Waals surface area (Å²) in [5.74, 6) is -3.23. The number of fused-ring (bicyclic) bond motifs is 1. The minimum Gasteiger partial charge on any atom is -0.456 e. The number of esters is 1. The van der Waals surface area contributed by atoms with Gasteiger partial charge >= 0.3 is 5.97 Å². The van der Waals surface area contributed by atoms with E-state index in [1.165, 1.54) is 19.1 Å². The van der Waals surface area contributed by atoms with Crippen LogP contribution in [0, 0.1) is 10.1 Å². The van der Waals surface area contributed by atoms with Gasteiger partial charge in [0.25, 0.3) is 17.5 Å². The lowest BCUT2D eigenvalue weighted by molar-refractivity contribution is -0.385. The molecule has 0 radical (unpaired) electrons. The van der Waals surface area contributed by atoms with Crippen LogP contribution >= 0.6 is 15.9 Å². The molecule has 0 aliphatic carbocycles. The van der Waals surface area contributed by atoms with Crippen LogP contribution in [0.2, 0.25) is 0 Å². The van der Waals surface area contributed by atoms with Crippen LogP contribution in [0.4, 0.5) is 5.69 Å². The molecule has 0 saturated carbocycles. The zero-order chi connectivity index (χ0) is 21.3. The normalized spacial score (nSPS) is 13.8. The molecule has 9 nitrogen and oxygen atoms in total. The number of nitrogens with zero attached hydrogens (tertiary/aromatic N) is 2. The highest BCUT2D eigenvalue weighted by atomic mass is 79.9. The summed E-state index contributed by atoms with van der Waals surface area (Å²) in [6.45, 7) is 0.675. The number of nitro groups is 1. The second-order valence-electron chi connectivity index (χ2n) is 6.15. The van der Waals surface area contributed by atoms with Crippen LogP contribution in [0.5, 0.6) is 0 Å². The van der Waals surface area contributed by atoms with Crippen molar-refractivity contribution in [1.29, 1.82) is 0 Å². The number of imide groups is 1. The number of amides is 2. The third kappa shape index (κ3) is 3.79. The van der Waals surface area contributed by atoms with Crippen molar-refractivity contribution in [2.24, 2.45) is 0 Å². The monoisotopic (exact) mass is 460 g/mol. The first-order valence-corrected chi connectivity index (χ1v) is 9.12. The Kier molecular flexibility index (Phi) is 5.55. The molecule has 2 aromatic carbocycles. The van der Waals surface area contributed by atoms with Gasteiger partial charge in [-0.1, -0.05) is 34.1 Å². The van der Waals surface area contributed by atoms with Crippen molar-refractivity contribution >= 4 is 45.2 Å². The smallest absolute Gasteiger partial charge is 0.329 e. The summed E-state index contributed by atoms with van der Waals surface area (Å²) in [6, 6.07) is 8.71. The number of ether oxygens (including phenoxy) is 1. The van der Waals surface area contributed by atoms with Crippen LogP contribution in [0.1, 0.15) is 38.0 Å². The molecule has 10 heteroatoms. The summed E-state index contributed by atoms with van der Waals surface area (Å²) in [6.07, 6.45) is 0. The van der Waals surface area contributed by atoms with Crippen LogP contribution in [-0.4, -0.2) is 46.0 Å². The van der Waals surface area contributed by atoms with Crippen molar-refractivity contribution in [3.63, 3.8) is 0 Å². The van der Waals surface area contributed by atoms with Crippen molar-refractivity contribution in [3.05, 3.63) is 73.7 Å². The summed E-state index contributed by atoms with van der Waals surface area (Å²) >= 11 is 3.24. The van der Waals surface area contributed by atoms with Crippen LogP contribution in [0.3, 0.4) is 0 Å². The number of hydrogen-bond donors (Lipinski definition) is 0. The van der Waals surface area contributed by atoms with Gasteiger partial charge in [-0.15, -0.1) is 0 Å². The topological polar surface area (TPSA) is 124 Å². The van der Waals surface area contributed by atoms with E-state index in [-0.39, 0.29) is 11.1 Å². The van der Waals surface area contributed by atoms with Crippen LogP contribution < -0.4 is 0 Å². The molecular formula is C19H13BrN2O7. The molecule has 29 heavy (non-hydrogen) atoms. The number of rotatable bonds is 6. The molecule has 1 heterocycles. The number of hydrogen-bond acceptors (Lipinski definition) is 7. The van der Waals surface area contributed by atoms with E-state index < -0.39 is 46.8 Å². The van der Waals surface area contributed by atoms with Gasteiger partial charge in [-0.05, 0) is 25.1 Å². The number of halogens is 1. The molecule has 1 atom stereocenters. The van der Waals surface area contributed by atoms with E-state index in [1.807, 2.05) is 0 Å². The van der Waals surface area contributed by atoms with E-state index in [0.29, 0.717) is 10.5 Å². The summed E-state index contributed by atoms with van der Waals surface area (Å²) in [7, 11) is 0. The Morgan fingerprint density at radius 2 is 1.79 bits per heavy atom. The van der Waals surface area contributed by atoms with E-state index in [9.17, 15) is 29.3 Å². The van der Waals surface area contributed by atoms with Gasteiger partial charge in [0.05, 0.1) is 10.5 Å². The Labute approximate surface area is 172 Å². The first-order chi connectivity index (χ1) is 13.7. The molecule has 1 aliphatic rings. The zero-order valence-electron chi connectivity index (χ0n) is 15.0. The number of benzene rings is 2. The molecule has 1 unspecified atom stereocenters. The molecule has 0 saturated heterocycles. The molecule has 0 N–H and O–H groups in total. The number of carbonyl (C=O) groups excluding carboxylic acids is 4. The third-order valence-electron chi connectivity index (χ3n) is 4.36. The molecular weight excluding hydrogens is 448 g/mol. The molecule has 0 spiro atoms. The molecule has 3 rings (SSSR count). The summed E-state index contributed by atoms with van der Waals surface area (Å²) in [4.78, 5) is 60.5. The summed E-state index contributed by atoms with van der Waals surface area (Å²) < 4.78 is 5.73. The van der Waals surface area contributed by atoms with Crippen molar-refractivity contribution in [1.82, 2.24) is 4.90 Å². The molecule has 0 bridgehead atoms. The first kappa shape index (κ1) is 20.3. The van der Waals surface area contributed by atoms with Crippen LogP contribution in [0.25, 0.3) is 0 Å². The van der Waals surface area contributed by atoms with E-state index in [2.05, 4.69) is 15.9 Å². The fourth-order valence-corrected chi connectivity index (χ4v) is 3.14. The lowest BCUT2D eigenvalue weighted by Crippen LogP contribution is -2.44. The lowest BCUT2D eigenvalue weighted by atomic mass is 10.1. The minimum absolute atomic E-state index is 0.158. The highest BCUT2D eigenvalue weighted by molar-refractivity contribution is 9.10. The standard InChI is InChI=1S/C19H13BrN2O7/c1-10(19(26)29-9-15(23)11-5-7-12(20)8-6-11)21-17(24)13-3-2-4-14(22(27)28)16(13)18(21)25/h2-8,10H,9H2,1H3.